The summed E-state index contributed by atoms with van der Waals surface area (Å²) in [5, 5.41) is 8.49. The molecule has 0 amide bonds. The second kappa shape index (κ2) is 2.45. The molecule has 1 aromatic rings. The summed E-state index contributed by atoms with van der Waals surface area (Å²) in [4.78, 5) is 13.9. The highest BCUT2D eigenvalue weighted by atomic mass is 16.4. The molecule has 0 aliphatic carbocycles. The number of nitrogens with zero attached hydrogens (tertiary/aromatic N) is 1. The summed E-state index contributed by atoms with van der Waals surface area (Å²) in [6.45, 7) is 0. The van der Waals surface area contributed by atoms with Crippen molar-refractivity contribution < 1.29 is 9.90 Å². The van der Waals surface area contributed by atoms with Crippen LogP contribution < -0.4 is 11.5 Å². The highest BCUT2D eigenvalue weighted by molar-refractivity contribution is 5.91. The second-order valence-electron chi connectivity index (χ2n) is 1.98. The van der Waals surface area contributed by atoms with Crippen molar-refractivity contribution in [2.75, 3.05) is 11.5 Å². The summed E-state index contributed by atoms with van der Waals surface area (Å²) in [7, 11) is 0. The fraction of sp³-hybridized carbons (Fsp3) is 0. The van der Waals surface area contributed by atoms with Crippen LogP contribution in [0.4, 0.5) is 11.5 Å². The highest BCUT2D eigenvalue weighted by Crippen LogP contribution is 2.10. The van der Waals surface area contributed by atoms with Gasteiger partial charge in [-0.05, 0) is 12.1 Å². The van der Waals surface area contributed by atoms with E-state index in [-0.39, 0.29) is 17.2 Å². The smallest absolute Gasteiger partial charge is 0.356 e. The number of anilines is 2. The van der Waals surface area contributed by atoms with E-state index >= 15 is 0 Å². The lowest BCUT2D eigenvalue weighted by molar-refractivity contribution is 0.0692. The van der Waals surface area contributed by atoms with Crippen molar-refractivity contribution in [2.45, 2.75) is 0 Å². The minimum Gasteiger partial charge on any atom is -0.476 e. The molecule has 1 aromatic heterocycles. The number of nitrogens with two attached hydrogens (primary N) is 2. The standard InChI is InChI=1S/C6H7N3O2/c7-3-1-2-4(8)9-5(3)6(10)11/h1-2H,7H2,(H2,8,9)(H,10,11). The lowest BCUT2D eigenvalue weighted by atomic mass is 10.3. The zero-order valence-corrected chi connectivity index (χ0v) is 5.61. The van der Waals surface area contributed by atoms with Crippen molar-refractivity contribution in [3.05, 3.63) is 17.8 Å². The van der Waals surface area contributed by atoms with Crippen LogP contribution in [0.25, 0.3) is 0 Å². The molecule has 0 unspecified atom stereocenters. The van der Waals surface area contributed by atoms with Crippen molar-refractivity contribution in [2.24, 2.45) is 0 Å². The molecule has 0 radical (unpaired) electrons. The first kappa shape index (κ1) is 7.33. The minimum absolute atomic E-state index is 0.117. The number of aromatic carboxylic acids is 1. The topological polar surface area (TPSA) is 102 Å². The van der Waals surface area contributed by atoms with Gasteiger partial charge in [-0.25, -0.2) is 9.78 Å². The van der Waals surface area contributed by atoms with Gasteiger partial charge in [-0.15, -0.1) is 0 Å². The third kappa shape index (κ3) is 1.37. The fourth-order valence-electron chi connectivity index (χ4n) is 0.656. The maximum Gasteiger partial charge on any atom is 0.356 e. The minimum atomic E-state index is -1.17. The molecule has 0 fully saturated rings. The normalized spacial score (nSPS) is 9.45. The van der Waals surface area contributed by atoms with Gasteiger partial charge in [-0.2, -0.15) is 0 Å². The quantitative estimate of drug-likeness (QED) is 0.524. The molecule has 0 saturated carbocycles. The number of carboxylic acids is 1. The Balaban J connectivity index is 3.23. The predicted octanol–water partition coefficient (Wildman–Crippen LogP) is -0.0558. The third-order valence-electron chi connectivity index (χ3n) is 1.15. The van der Waals surface area contributed by atoms with Gasteiger partial charge in [0, 0.05) is 0 Å². The molecule has 0 aromatic carbocycles. The maximum atomic E-state index is 10.4. The Morgan fingerprint density at radius 2 is 2.09 bits per heavy atom. The Morgan fingerprint density at radius 3 is 2.55 bits per heavy atom. The van der Waals surface area contributed by atoms with Gasteiger partial charge in [-0.3, -0.25) is 0 Å². The van der Waals surface area contributed by atoms with E-state index in [1.54, 1.807) is 0 Å². The van der Waals surface area contributed by atoms with Gasteiger partial charge in [0.25, 0.3) is 0 Å². The lowest BCUT2D eigenvalue weighted by Crippen LogP contribution is -2.06. The first-order valence-electron chi connectivity index (χ1n) is 2.86. The van der Waals surface area contributed by atoms with Gasteiger partial charge in [0.15, 0.2) is 5.69 Å². The SMILES string of the molecule is Nc1ccc(N)c(C(=O)O)n1. The Morgan fingerprint density at radius 1 is 1.45 bits per heavy atom. The largest absolute Gasteiger partial charge is 0.476 e. The Kier molecular flexibility index (Phi) is 1.63. The molecular formula is C6H7N3O2. The molecule has 0 aliphatic heterocycles. The van der Waals surface area contributed by atoms with Crippen molar-refractivity contribution in [1.29, 1.82) is 0 Å². The second-order valence-corrected chi connectivity index (χ2v) is 1.98. The van der Waals surface area contributed by atoms with Crippen LogP contribution in [0.5, 0.6) is 0 Å². The van der Waals surface area contributed by atoms with Crippen LogP contribution in [0.1, 0.15) is 10.5 Å². The molecule has 5 nitrogen and oxygen atoms in total. The molecule has 1 heterocycles. The molecule has 0 bridgehead atoms. The molecule has 5 heteroatoms. The van der Waals surface area contributed by atoms with E-state index < -0.39 is 5.97 Å². The number of carbonyl (C=O) groups is 1. The summed E-state index contributed by atoms with van der Waals surface area (Å²) < 4.78 is 0. The predicted molar refractivity (Wildman–Crippen MR) is 40.0 cm³/mol. The van der Waals surface area contributed by atoms with Crippen LogP contribution in [-0.2, 0) is 0 Å². The molecule has 5 N–H and O–H groups in total. The molecule has 1 rings (SSSR count). The average molecular weight is 153 g/mol. The van der Waals surface area contributed by atoms with E-state index in [2.05, 4.69) is 4.98 Å². The zero-order chi connectivity index (χ0) is 8.43. The van der Waals surface area contributed by atoms with E-state index in [0.29, 0.717) is 0 Å². The van der Waals surface area contributed by atoms with E-state index in [1.165, 1.54) is 12.1 Å². The average Bonchev–Trinajstić information content (AvgIpc) is 1.94. The molecule has 0 atom stereocenters. The molecule has 0 spiro atoms. The molecule has 0 aliphatic rings. The van der Waals surface area contributed by atoms with Crippen LogP contribution >= 0.6 is 0 Å². The number of hydrogen-bond donors (Lipinski definition) is 3. The molecular weight excluding hydrogens is 146 g/mol. The number of nitrogen functional groups attached to an aromatic ring is 2. The van der Waals surface area contributed by atoms with Crippen molar-refractivity contribution >= 4 is 17.5 Å². The summed E-state index contributed by atoms with van der Waals surface area (Å²) in [6, 6.07) is 2.85. The first-order valence-corrected chi connectivity index (χ1v) is 2.86. The van der Waals surface area contributed by atoms with Gasteiger partial charge in [0.2, 0.25) is 0 Å². The van der Waals surface area contributed by atoms with Crippen LogP contribution in [0.15, 0.2) is 12.1 Å². The summed E-state index contributed by atoms with van der Waals surface area (Å²) in [5.41, 5.74) is 10.4. The molecule has 0 saturated heterocycles. The summed E-state index contributed by atoms with van der Waals surface area (Å²) in [6.07, 6.45) is 0. The van der Waals surface area contributed by atoms with Crippen LogP contribution in [-0.4, -0.2) is 16.1 Å². The molecule has 58 valence electrons. The van der Waals surface area contributed by atoms with E-state index in [1.807, 2.05) is 0 Å². The van der Waals surface area contributed by atoms with Gasteiger partial charge in [-0.1, -0.05) is 0 Å². The van der Waals surface area contributed by atoms with Crippen LogP contribution in [0.2, 0.25) is 0 Å². The van der Waals surface area contributed by atoms with Gasteiger partial charge in [0.1, 0.15) is 5.82 Å². The van der Waals surface area contributed by atoms with Crippen molar-refractivity contribution in [3.8, 4) is 0 Å². The Labute approximate surface area is 62.7 Å². The van der Waals surface area contributed by atoms with Gasteiger partial charge >= 0.3 is 5.97 Å². The van der Waals surface area contributed by atoms with Gasteiger partial charge in [0.05, 0.1) is 5.69 Å². The van der Waals surface area contributed by atoms with E-state index in [9.17, 15) is 4.79 Å². The lowest BCUT2D eigenvalue weighted by Gasteiger charge is -1.98. The number of aromatic nitrogens is 1. The van der Waals surface area contributed by atoms with Crippen molar-refractivity contribution in [1.82, 2.24) is 4.98 Å². The Bertz CT molecular complexity index is 298. The molecule has 11 heavy (non-hydrogen) atoms. The monoisotopic (exact) mass is 153 g/mol. The number of rotatable bonds is 1. The fourth-order valence-corrected chi connectivity index (χ4v) is 0.656. The van der Waals surface area contributed by atoms with Crippen molar-refractivity contribution in [3.63, 3.8) is 0 Å². The van der Waals surface area contributed by atoms with Crippen LogP contribution in [0, 0.1) is 0 Å². The van der Waals surface area contributed by atoms with E-state index in [0.717, 1.165) is 0 Å². The third-order valence-corrected chi connectivity index (χ3v) is 1.15. The van der Waals surface area contributed by atoms with Gasteiger partial charge < -0.3 is 16.6 Å². The summed E-state index contributed by atoms with van der Waals surface area (Å²) >= 11 is 0. The first-order chi connectivity index (χ1) is 5.11. The Hall–Kier alpha value is -1.78. The van der Waals surface area contributed by atoms with E-state index in [4.69, 9.17) is 16.6 Å². The highest BCUT2D eigenvalue weighted by Gasteiger charge is 2.08. The zero-order valence-electron chi connectivity index (χ0n) is 5.61. The van der Waals surface area contributed by atoms with Crippen LogP contribution in [0.3, 0.4) is 0 Å². The number of carboxylic acid groups (broad SMARTS) is 1. The maximum absolute atomic E-state index is 10.4. The number of pyridine rings is 1. The summed E-state index contributed by atoms with van der Waals surface area (Å²) in [5.74, 6) is -1.02. The number of hydrogen-bond acceptors (Lipinski definition) is 4.